The van der Waals surface area contributed by atoms with E-state index in [9.17, 15) is 14.0 Å². The van der Waals surface area contributed by atoms with Crippen LogP contribution in [0.1, 0.15) is 44.2 Å². The molecule has 2 aromatic carbocycles. The molecule has 0 spiro atoms. The van der Waals surface area contributed by atoms with Gasteiger partial charge in [0.1, 0.15) is 5.82 Å². The lowest BCUT2D eigenvalue weighted by Crippen LogP contribution is -2.26. The number of H-pyrrole nitrogens is 1. The van der Waals surface area contributed by atoms with Gasteiger partial charge in [0.05, 0.1) is 16.9 Å². The molecule has 0 radical (unpaired) electrons. The van der Waals surface area contributed by atoms with E-state index in [1.54, 1.807) is 22.8 Å². The van der Waals surface area contributed by atoms with Crippen LogP contribution in [0.5, 0.6) is 0 Å². The highest BCUT2D eigenvalue weighted by Gasteiger charge is 2.10. The second kappa shape index (κ2) is 9.60. The number of nitrogens with zero attached hydrogens (tertiary/aromatic N) is 1. The molecule has 3 aromatic rings. The molecular weight excluding hydrogens is 389 g/mol. The number of benzene rings is 2. The van der Waals surface area contributed by atoms with Crippen LogP contribution in [0, 0.1) is 10.6 Å². The lowest BCUT2D eigenvalue weighted by molar-refractivity contribution is -0.121. The van der Waals surface area contributed by atoms with Gasteiger partial charge in [-0.25, -0.2) is 4.39 Å². The molecule has 3 rings (SSSR count). The van der Waals surface area contributed by atoms with Crippen LogP contribution in [-0.2, 0) is 11.3 Å². The second-order valence-corrected chi connectivity index (χ2v) is 7.47. The number of hydrogen-bond acceptors (Lipinski definition) is 3. The quantitative estimate of drug-likeness (QED) is 0.418. The minimum absolute atomic E-state index is 0.0677. The minimum atomic E-state index is -0.314. The van der Waals surface area contributed by atoms with Gasteiger partial charge >= 0.3 is 0 Å². The van der Waals surface area contributed by atoms with E-state index in [2.05, 4.69) is 10.3 Å². The monoisotopic (exact) mass is 413 g/mol. The van der Waals surface area contributed by atoms with Crippen LogP contribution in [-0.4, -0.2) is 15.5 Å². The van der Waals surface area contributed by atoms with Crippen molar-refractivity contribution in [1.82, 2.24) is 14.9 Å². The molecule has 2 N–H and O–H groups in total. The van der Waals surface area contributed by atoms with Crippen LogP contribution in [0.3, 0.4) is 0 Å². The standard InChI is InChI=1S/C22H24FN3O2S/c1-15(16-8-7-9-17(23)14-16)24-20(27)12-3-2-6-13-26-21(28)18-10-4-5-11-19(18)25-22(26)29/h4-5,7-11,14-15H,2-3,6,12-13H2,1H3,(H,24,27)(H,25,29). The molecular formula is C22H24FN3O2S. The lowest BCUT2D eigenvalue weighted by atomic mass is 10.1. The van der Waals surface area contributed by atoms with Crippen molar-refractivity contribution in [3.8, 4) is 0 Å². The number of carbonyl (C=O) groups is 1. The van der Waals surface area contributed by atoms with Gasteiger partial charge in [-0.2, -0.15) is 0 Å². The Hall–Kier alpha value is -2.80. The second-order valence-electron chi connectivity index (χ2n) is 7.09. The number of rotatable bonds is 8. The predicted molar refractivity (Wildman–Crippen MR) is 115 cm³/mol. The molecule has 0 aliphatic carbocycles. The van der Waals surface area contributed by atoms with Gasteiger partial charge in [-0.3, -0.25) is 14.2 Å². The SMILES string of the molecule is CC(NC(=O)CCCCCn1c(=S)[nH]c2ccccc2c1=O)c1cccc(F)c1. The molecule has 0 aliphatic heterocycles. The zero-order valence-electron chi connectivity index (χ0n) is 16.3. The van der Waals surface area contributed by atoms with Crippen LogP contribution in [0.15, 0.2) is 53.3 Å². The molecule has 5 nitrogen and oxygen atoms in total. The fourth-order valence-corrected chi connectivity index (χ4v) is 3.59. The number of unbranched alkanes of at least 4 members (excludes halogenated alkanes) is 2. The van der Waals surface area contributed by atoms with Gasteiger partial charge in [-0.1, -0.05) is 30.7 Å². The summed E-state index contributed by atoms with van der Waals surface area (Å²) in [6, 6.07) is 13.3. The molecule has 0 bridgehead atoms. The van der Waals surface area contributed by atoms with Gasteiger partial charge in [-0.05, 0) is 61.8 Å². The summed E-state index contributed by atoms with van der Waals surface area (Å²) in [5, 5.41) is 3.51. The van der Waals surface area contributed by atoms with Crippen molar-refractivity contribution in [2.24, 2.45) is 0 Å². The Morgan fingerprint density at radius 3 is 2.76 bits per heavy atom. The highest BCUT2D eigenvalue weighted by atomic mass is 32.1. The molecule has 0 fully saturated rings. The third kappa shape index (κ3) is 5.38. The van der Waals surface area contributed by atoms with E-state index < -0.39 is 0 Å². The first-order valence-corrected chi connectivity index (χ1v) is 10.1. The summed E-state index contributed by atoms with van der Waals surface area (Å²) in [6.45, 7) is 2.35. The van der Waals surface area contributed by atoms with Crippen LogP contribution in [0.2, 0.25) is 0 Å². The van der Waals surface area contributed by atoms with Crippen LogP contribution >= 0.6 is 12.2 Å². The van der Waals surface area contributed by atoms with Gasteiger partial charge in [0, 0.05) is 13.0 Å². The molecule has 1 unspecified atom stereocenters. The van der Waals surface area contributed by atoms with Crippen LogP contribution < -0.4 is 10.9 Å². The molecule has 1 amide bonds. The summed E-state index contributed by atoms with van der Waals surface area (Å²) >= 11 is 5.31. The number of nitrogens with one attached hydrogen (secondary N) is 2. The van der Waals surface area contributed by atoms with E-state index in [4.69, 9.17) is 12.2 Å². The maximum Gasteiger partial charge on any atom is 0.262 e. The van der Waals surface area contributed by atoms with E-state index in [-0.39, 0.29) is 23.3 Å². The molecule has 29 heavy (non-hydrogen) atoms. The fourth-order valence-electron chi connectivity index (χ4n) is 3.31. The number of carbonyl (C=O) groups excluding carboxylic acids is 1. The topological polar surface area (TPSA) is 66.9 Å². The summed E-state index contributed by atoms with van der Waals surface area (Å²) in [7, 11) is 0. The van der Waals surface area contributed by atoms with E-state index >= 15 is 0 Å². The highest BCUT2D eigenvalue weighted by Crippen LogP contribution is 2.14. The van der Waals surface area contributed by atoms with Crippen molar-refractivity contribution >= 4 is 29.0 Å². The Labute approximate surface area is 173 Å². The summed E-state index contributed by atoms with van der Waals surface area (Å²) in [5.74, 6) is -0.382. The van der Waals surface area contributed by atoms with Gasteiger partial charge in [-0.15, -0.1) is 0 Å². The van der Waals surface area contributed by atoms with Crippen LogP contribution in [0.25, 0.3) is 10.9 Å². The molecule has 7 heteroatoms. The summed E-state index contributed by atoms with van der Waals surface area (Å²) in [4.78, 5) is 27.8. The van der Waals surface area contributed by atoms with Crippen molar-refractivity contribution < 1.29 is 9.18 Å². The van der Waals surface area contributed by atoms with Gasteiger partial charge in [0.25, 0.3) is 5.56 Å². The first-order chi connectivity index (χ1) is 14.0. The first kappa shape index (κ1) is 20.9. The van der Waals surface area contributed by atoms with Crippen molar-refractivity contribution in [2.75, 3.05) is 0 Å². The summed E-state index contributed by atoms with van der Waals surface area (Å²) in [6.07, 6.45) is 2.65. The zero-order chi connectivity index (χ0) is 20.8. The summed E-state index contributed by atoms with van der Waals surface area (Å²) in [5.41, 5.74) is 1.39. The van der Waals surface area contributed by atoms with Crippen molar-refractivity contribution in [3.05, 3.63) is 75.0 Å². The molecule has 1 atom stereocenters. The smallest absolute Gasteiger partial charge is 0.262 e. The number of fused-ring (bicyclic) bond motifs is 1. The highest BCUT2D eigenvalue weighted by molar-refractivity contribution is 7.71. The average Bonchev–Trinajstić information content (AvgIpc) is 2.70. The summed E-state index contributed by atoms with van der Waals surface area (Å²) < 4.78 is 15.3. The maximum absolute atomic E-state index is 13.3. The Balaban J connectivity index is 1.46. The maximum atomic E-state index is 13.3. The average molecular weight is 414 g/mol. The molecule has 0 saturated carbocycles. The van der Waals surface area contributed by atoms with Crippen molar-refractivity contribution in [1.29, 1.82) is 0 Å². The predicted octanol–water partition coefficient (Wildman–Crippen LogP) is 4.64. The lowest BCUT2D eigenvalue weighted by Gasteiger charge is -2.14. The molecule has 0 saturated heterocycles. The number of amides is 1. The Morgan fingerprint density at radius 2 is 1.97 bits per heavy atom. The van der Waals surface area contributed by atoms with E-state index in [0.29, 0.717) is 29.5 Å². The number of para-hydroxylation sites is 1. The molecule has 152 valence electrons. The molecule has 1 aromatic heterocycles. The Kier molecular flexibility index (Phi) is 6.93. The minimum Gasteiger partial charge on any atom is -0.350 e. The number of hydrogen-bond donors (Lipinski definition) is 2. The Morgan fingerprint density at radius 1 is 1.17 bits per heavy atom. The van der Waals surface area contributed by atoms with Gasteiger partial charge in [0.15, 0.2) is 4.77 Å². The fraction of sp³-hybridized carbons (Fsp3) is 0.318. The van der Waals surface area contributed by atoms with Gasteiger partial charge in [0.2, 0.25) is 5.91 Å². The van der Waals surface area contributed by atoms with Crippen LogP contribution in [0.4, 0.5) is 4.39 Å². The van der Waals surface area contributed by atoms with E-state index in [0.717, 1.165) is 23.9 Å². The first-order valence-electron chi connectivity index (χ1n) is 9.72. The van der Waals surface area contributed by atoms with Crippen molar-refractivity contribution in [3.63, 3.8) is 0 Å². The molecule has 1 heterocycles. The third-order valence-corrected chi connectivity index (χ3v) is 5.22. The van der Waals surface area contributed by atoms with E-state index in [1.807, 2.05) is 25.1 Å². The van der Waals surface area contributed by atoms with Gasteiger partial charge < -0.3 is 10.3 Å². The zero-order valence-corrected chi connectivity index (χ0v) is 17.1. The number of aromatic amines is 1. The van der Waals surface area contributed by atoms with E-state index in [1.165, 1.54) is 12.1 Å². The number of halogens is 1. The molecule has 0 aliphatic rings. The third-order valence-electron chi connectivity index (χ3n) is 4.90. The largest absolute Gasteiger partial charge is 0.350 e. The van der Waals surface area contributed by atoms with Crippen molar-refractivity contribution in [2.45, 2.75) is 45.2 Å². The number of aromatic nitrogens is 2. The Bertz CT molecular complexity index is 1120. The normalized spacial score (nSPS) is 12.1.